The van der Waals surface area contributed by atoms with Gasteiger partial charge in [0.2, 0.25) is 0 Å². The van der Waals surface area contributed by atoms with Crippen LogP contribution in [0.3, 0.4) is 0 Å². The Balaban J connectivity index is 2.52. The van der Waals surface area contributed by atoms with Gasteiger partial charge in [-0.25, -0.2) is 4.79 Å². The zero-order valence-corrected chi connectivity index (χ0v) is 9.44. The lowest BCUT2D eigenvalue weighted by atomic mass is 9.88. The van der Waals surface area contributed by atoms with Crippen LogP contribution in [0.1, 0.15) is 13.8 Å². The van der Waals surface area contributed by atoms with E-state index in [0.717, 1.165) is 0 Å². The molecule has 4 nitrogen and oxygen atoms in total. The predicted molar refractivity (Wildman–Crippen MR) is 56.1 cm³/mol. The molecule has 1 rings (SSSR count). The number of carbonyl (C=O) groups is 1. The van der Waals surface area contributed by atoms with E-state index in [9.17, 15) is 4.79 Å². The highest BCUT2D eigenvalue weighted by atomic mass is 32.1. The number of carbonyl (C=O) groups excluding carboxylic acids is 1. The second-order valence-electron chi connectivity index (χ2n) is 4.02. The van der Waals surface area contributed by atoms with Crippen molar-refractivity contribution < 1.29 is 14.3 Å². The van der Waals surface area contributed by atoms with Gasteiger partial charge in [0.15, 0.2) is 4.99 Å². The molecule has 1 heterocycles. The van der Waals surface area contributed by atoms with Gasteiger partial charge in [0.05, 0.1) is 26.4 Å². The molecule has 0 amide bonds. The van der Waals surface area contributed by atoms with Gasteiger partial charge in [0.25, 0.3) is 0 Å². The lowest BCUT2D eigenvalue weighted by Crippen LogP contribution is -2.46. The fourth-order valence-corrected chi connectivity index (χ4v) is 1.54. The summed E-state index contributed by atoms with van der Waals surface area (Å²) < 4.78 is 9.82. The third-order valence-electron chi connectivity index (χ3n) is 2.38. The van der Waals surface area contributed by atoms with Crippen molar-refractivity contribution in [2.45, 2.75) is 19.9 Å². The second kappa shape index (κ2) is 4.23. The maximum absolute atomic E-state index is 11.0. The maximum Gasteiger partial charge on any atom is 0.365 e. The molecular formula is C9H15NO3S. The molecule has 1 N–H and O–H groups in total. The number of methoxy groups -OCH3 is 1. The average molecular weight is 217 g/mol. The van der Waals surface area contributed by atoms with E-state index in [0.29, 0.717) is 13.2 Å². The summed E-state index contributed by atoms with van der Waals surface area (Å²) in [6.45, 7) is 5.38. The lowest BCUT2D eigenvalue weighted by Gasteiger charge is -2.25. The maximum atomic E-state index is 11.0. The lowest BCUT2D eigenvalue weighted by molar-refractivity contribution is -0.132. The third kappa shape index (κ3) is 2.42. The van der Waals surface area contributed by atoms with Crippen LogP contribution in [0.15, 0.2) is 0 Å². The SMILES string of the molecule is COC(=O)C(=S)N[C@H]1COCC1(C)C. The summed E-state index contributed by atoms with van der Waals surface area (Å²) in [5.74, 6) is -0.497. The van der Waals surface area contributed by atoms with Crippen LogP contribution in [0.5, 0.6) is 0 Å². The van der Waals surface area contributed by atoms with Crippen LogP contribution in [0, 0.1) is 5.41 Å². The first-order chi connectivity index (χ1) is 6.47. The summed E-state index contributed by atoms with van der Waals surface area (Å²) >= 11 is 4.87. The van der Waals surface area contributed by atoms with Crippen molar-refractivity contribution in [1.82, 2.24) is 5.32 Å². The molecule has 1 atom stereocenters. The first-order valence-electron chi connectivity index (χ1n) is 4.44. The van der Waals surface area contributed by atoms with Gasteiger partial charge in [0.1, 0.15) is 0 Å². The molecule has 0 aromatic carbocycles. The number of ether oxygens (including phenoxy) is 2. The van der Waals surface area contributed by atoms with Crippen molar-refractivity contribution in [1.29, 1.82) is 0 Å². The standard InChI is InChI=1S/C9H15NO3S/c1-9(2)5-13-4-6(9)10-7(14)8(11)12-3/h6H,4-5H2,1-3H3,(H,10,14)/t6-/m0/s1. The monoisotopic (exact) mass is 217 g/mol. The van der Waals surface area contributed by atoms with Gasteiger partial charge in [-0.2, -0.15) is 0 Å². The third-order valence-corrected chi connectivity index (χ3v) is 2.66. The molecule has 0 aromatic heterocycles. The largest absolute Gasteiger partial charge is 0.464 e. The molecule has 1 fully saturated rings. The van der Waals surface area contributed by atoms with Gasteiger partial charge in [-0.05, 0) is 0 Å². The molecule has 0 radical (unpaired) electrons. The Morgan fingerprint density at radius 2 is 2.29 bits per heavy atom. The van der Waals surface area contributed by atoms with Gasteiger partial charge >= 0.3 is 5.97 Å². The van der Waals surface area contributed by atoms with E-state index in [2.05, 4.69) is 23.9 Å². The highest BCUT2D eigenvalue weighted by Crippen LogP contribution is 2.27. The minimum Gasteiger partial charge on any atom is -0.464 e. The minimum atomic E-state index is -0.497. The van der Waals surface area contributed by atoms with Crippen molar-refractivity contribution in [3.8, 4) is 0 Å². The van der Waals surface area contributed by atoms with Crippen molar-refractivity contribution >= 4 is 23.2 Å². The van der Waals surface area contributed by atoms with Crippen LogP contribution in [-0.4, -0.2) is 37.3 Å². The zero-order chi connectivity index (χ0) is 10.8. The quantitative estimate of drug-likeness (QED) is 0.512. The Labute approximate surface area is 89.0 Å². The molecule has 80 valence electrons. The van der Waals surface area contributed by atoms with E-state index in [1.165, 1.54) is 7.11 Å². The minimum absolute atomic E-state index is 0.00190. The van der Waals surface area contributed by atoms with Gasteiger partial charge in [0, 0.05) is 5.41 Å². The van der Waals surface area contributed by atoms with Crippen LogP contribution in [0.25, 0.3) is 0 Å². The number of nitrogens with one attached hydrogen (secondary N) is 1. The average Bonchev–Trinajstić information content (AvgIpc) is 2.44. The normalized spacial score (nSPS) is 24.4. The van der Waals surface area contributed by atoms with E-state index < -0.39 is 5.97 Å². The molecule has 0 saturated carbocycles. The molecule has 1 saturated heterocycles. The van der Waals surface area contributed by atoms with E-state index in [4.69, 9.17) is 17.0 Å². The number of esters is 1. The smallest absolute Gasteiger partial charge is 0.365 e. The van der Waals surface area contributed by atoms with Crippen molar-refractivity contribution in [3.63, 3.8) is 0 Å². The van der Waals surface area contributed by atoms with Crippen molar-refractivity contribution in [2.24, 2.45) is 5.41 Å². The second-order valence-corrected chi connectivity index (χ2v) is 4.43. The Morgan fingerprint density at radius 3 is 2.71 bits per heavy atom. The van der Waals surface area contributed by atoms with Gasteiger partial charge in [-0.1, -0.05) is 26.1 Å². The number of hydrogen-bond donors (Lipinski definition) is 1. The molecule has 0 unspecified atom stereocenters. The first-order valence-corrected chi connectivity index (χ1v) is 4.85. The highest BCUT2D eigenvalue weighted by molar-refractivity contribution is 7.81. The molecular weight excluding hydrogens is 202 g/mol. The summed E-state index contributed by atoms with van der Waals surface area (Å²) in [4.78, 5) is 11.2. The van der Waals surface area contributed by atoms with Crippen LogP contribution in [0.4, 0.5) is 0 Å². The Bertz CT molecular complexity index is 252. The van der Waals surface area contributed by atoms with Crippen LogP contribution in [-0.2, 0) is 14.3 Å². The van der Waals surface area contributed by atoms with E-state index in [1.807, 2.05) is 0 Å². The van der Waals surface area contributed by atoms with Crippen molar-refractivity contribution in [3.05, 3.63) is 0 Å². The number of hydrogen-bond acceptors (Lipinski definition) is 4. The van der Waals surface area contributed by atoms with E-state index in [-0.39, 0.29) is 16.4 Å². The first kappa shape index (κ1) is 11.4. The molecule has 5 heteroatoms. The van der Waals surface area contributed by atoms with E-state index >= 15 is 0 Å². The highest BCUT2D eigenvalue weighted by Gasteiger charge is 2.36. The zero-order valence-electron chi connectivity index (χ0n) is 8.62. The number of thiocarbonyl (C=S) groups is 1. The summed E-state index contributed by atoms with van der Waals surface area (Å²) in [6.07, 6.45) is 0. The molecule has 0 aliphatic carbocycles. The van der Waals surface area contributed by atoms with Gasteiger partial charge in [-0.3, -0.25) is 0 Å². The summed E-state index contributed by atoms with van der Waals surface area (Å²) in [7, 11) is 1.31. The Morgan fingerprint density at radius 1 is 1.64 bits per heavy atom. The number of rotatable bonds is 1. The summed E-state index contributed by atoms with van der Waals surface area (Å²) in [5.41, 5.74) is -0.00190. The molecule has 0 spiro atoms. The Kier molecular flexibility index (Phi) is 3.44. The summed E-state index contributed by atoms with van der Waals surface area (Å²) in [5, 5.41) is 2.95. The van der Waals surface area contributed by atoms with Gasteiger partial charge in [-0.15, -0.1) is 0 Å². The molecule has 14 heavy (non-hydrogen) atoms. The van der Waals surface area contributed by atoms with Crippen LogP contribution >= 0.6 is 12.2 Å². The van der Waals surface area contributed by atoms with E-state index in [1.54, 1.807) is 0 Å². The Hall–Kier alpha value is -0.680. The van der Waals surface area contributed by atoms with Crippen LogP contribution < -0.4 is 5.32 Å². The molecule has 0 bridgehead atoms. The fourth-order valence-electron chi connectivity index (χ4n) is 1.31. The molecule has 1 aliphatic heterocycles. The van der Waals surface area contributed by atoms with Crippen LogP contribution in [0.2, 0.25) is 0 Å². The van der Waals surface area contributed by atoms with Gasteiger partial charge < -0.3 is 14.8 Å². The molecule has 1 aliphatic rings. The molecule has 0 aromatic rings. The van der Waals surface area contributed by atoms with Crippen molar-refractivity contribution in [2.75, 3.05) is 20.3 Å². The topological polar surface area (TPSA) is 47.6 Å². The fraction of sp³-hybridized carbons (Fsp3) is 0.778. The summed E-state index contributed by atoms with van der Waals surface area (Å²) in [6, 6.07) is 0.0779. The predicted octanol–water partition coefficient (Wildman–Crippen LogP) is 0.501.